The maximum atomic E-state index is 3.66. The Hall–Kier alpha value is -0.340. The smallest absolute Gasteiger partial charge is 0.0166 e. The summed E-state index contributed by atoms with van der Waals surface area (Å²) in [7, 11) is 0. The van der Waals surface area contributed by atoms with E-state index in [-0.39, 0.29) is 0 Å². The summed E-state index contributed by atoms with van der Waals surface area (Å²) in [4.78, 5) is 3.03. The Labute approximate surface area is 111 Å². The number of hydrogen-bond donors (Lipinski definition) is 1. The van der Waals surface area contributed by atoms with E-state index < -0.39 is 0 Å². The van der Waals surface area contributed by atoms with Crippen LogP contribution in [0.4, 0.5) is 0 Å². The highest BCUT2D eigenvalue weighted by Crippen LogP contribution is 2.29. The summed E-state index contributed by atoms with van der Waals surface area (Å²) in [5.74, 6) is 0. The molecule has 1 unspecified atom stereocenters. The Balaban J connectivity index is 2.72. The monoisotopic (exact) mass is 253 g/mol. The van der Waals surface area contributed by atoms with Gasteiger partial charge in [0.25, 0.3) is 0 Å². The summed E-state index contributed by atoms with van der Waals surface area (Å²) in [6.45, 7) is 12.5. The van der Waals surface area contributed by atoms with Crippen LogP contribution in [0.2, 0.25) is 0 Å². The van der Waals surface area contributed by atoms with Crippen molar-refractivity contribution in [1.82, 2.24) is 5.32 Å². The number of likely N-dealkylation sites (N-methyl/N-ethyl adjacent to an activating group) is 1. The highest BCUT2D eigenvalue weighted by Gasteiger charge is 2.27. The first kappa shape index (κ1) is 14.7. The van der Waals surface area contributed by atoms with Gasteiger partial charge in [0.15, 0.2) is 0 Å². The van der Waals surface area contributed by atoms with E-state index in [0.717, 1.165) is 13.0 Å². The molecule has 0 radical (unpaired) electrons. The lowest BCUT2D eigenvalue weighted by Crippen LogP contribution is -2.43. The molecule has 2 heteroatoms. The van der Waals surface area contributed by atoms with E-state index in [2.05, 4.69) is 52.1 Å². The van der Waals surface area contributed by atoms with Gasteiger partial charge in [-0.2, -0.15) is 0 Å². The quantitative estimate of drug-likeness (QED) is 0.765. The molecule has 0 spiro atoms. The van der Waals surface area contributed by atoms with Gasteiger partial charge in [-0.15, -0.1) is 11.3 Å². The molecule has 0 saturated heterocycles. The molecule has 0 aliphatic carbocycles. The van der Waals surface area contributed by atoms with E-state index in [1.54, 1.807) is 0 Å². The number of thiophene rings is 1. The summed E-state index contributed by atoms with van der Waals surface area (Å²) in [6, 6.07) is 5.17. The number of nitrogens with one attached hydrogen (secondary N) is 1. The van der Waals surface area contributed by atoms with Gasteiger partial charge >= 0.3 is 0 Å². The zero-order chi connectivity index (χ0) is 12.9. The van der Waals surface area contributed by atoms with Crippen molar-refractivity contribution < 1.29 is 0 Å². The maximum Gasteiger partial charge on any atom is 0.0166 e. The highest BCUT2D eigenvalue weighted by molar-refractivity contribution is 7.11. The van der Waals surface area contributed by atoms with Crippen molar-refractivity contribution in [2.75, 3.05) is 6.54 Å². The van der Waals surface area contributed by atoms with Crippen LogP contribution in [0.5, 0.6) is 0 Å². The first-order valence-corrected chi connectivity index (χ1v) is 7.66. The van der Waals surface area contributed by atoms with Crippen LogP contribution in [-0.4, -0.2) is 12.6 Å². The van der Waals surface area contributed by atoms with Crippen LogP contribution >= 0.6 is 11.3 Å². The third-order valence-corrected chi connectivity index (χ3v) is 5.03. The molecule has 0 aromatic carbocycles. The molecule has 0 aliphatic rings. The van der Waals surface area contributed by atoms with E-state index in [9.17, 15) is 0 Å². The van der Waals surface area contributed by atoms with Gasteiger partial charge in [0.2, 0.25) is 0 Å². The summed E-state index contributed by atoms with van der Waals surface area (Å²) in [5, 5.41) is 3.66. The molecule has 0 aliphatic heterocycles. The first-order chi connectivity index (χ1) is 8.03. The van der Waals surface area contributed by atoms with Crippen LogP contribution in [0.1, 0.15) is 50.8 Å². The minimum atomic E-state index is 0.367. The summed E-state index contributed by atoms with van der Waals surface area (Å²) < 4.78 is 0. The molecule has 98 valence electrons. The lowest BCUT2D eigenvalue weighted by Gasteiger charge is -2.34. The second kappa shape index (κ2) is 6.55. The molecule has 1 aromatic heterocycles. The van der Waals surface area contributed by atoms with Crippen LogP contribution in [-0.2, 0) is 12.8 Å². The van der Waals surface area contributed by atoms with Gasteiger partial charge in [-0.05, 0) is 43.4 Å². The molecule has 1 aromatic rings. The first-order valence-electron chi connectivity index (χ1n) is 6.84. The third kappa shape index (κ3) is 4.11. The van der Waals surface area contributed by atoms with Crippen LogP contribution in [0.15, 0.2) is 12.1 Å². The zero-order valence-electron chi connectivity index (χ0n) is 12.0. The van der Waals surface area contributed by atoms with Crippen molar-refractivity contribution in [3.63, 3.8) is 0 Å². The van der Waals surface area contributed by atoms with Crippen molar-refractivity contribution >= 4 is 11.3 Å². The van der Waals surface area contributed by atoms with E-state index >= 15 is 0 Å². The van der Waals surface area contributed by atoms with Gasteiger partial charge in [-0.25, -0.2) is 0 Å². The topological polar surface area (TPSA) is 12.0 Å². The molecule has 0 saturated carbocycles. The molecule has 1 rings (SSSR count). The predicted molar refractivity (Wildman–Crippen MR) is 78.9 cm³/mol. The van der Waals surface area contributed by atoms with Crippen LogP contribution in [0.3, 0.4) is 0 Å². The molecular weight excluding hydrogens is 226 g/mol. The molecule has 1 N–H and O–H groups in total. The molecule has 17 heavy (non-hydrogen) atoms. The minimum Gasteiger partial charge on any atom is -0.313 e. The Morgan fingerprint density at radius 2 is 1.82 bits per heavy atom. The molecule has 1 nitrogen and oxygen atoms in total. The normalized spacial score (nSPS) is 13.9. The van der Waals surface area contributed by atoms with Gasteiger partial charge in [0.05, 0.1) is 0 Å². The van der Waals surface area contributed by atoms with E-state index in [4.69, 9.17) is 0 Å². The molecule has 1 heterocycles. The van der Waals surface area contributed by atoms with Crippen molar-refractivity contribution in [3.8, 4) is 0 Å². The lowest BCUT2D eigenvalue weighted by atomic mass is 9.80. The SMILES string of the molecule is CCNC(Cc1ccc(CC)s1)C(C)(C)CC. The van der Waals surface area contributed by atoms with Crippen molar-refractivity contribution in [2.45, 2.75) is 59.9 Å². The molecular formula is C15H27NS. The summed E-state index contributed by atoms with van der Waals surface area (Å²) in [6.07, 6.45) is 3.55. The molecule has 1 atom stereocenters. The largest absolute Gasteiger partial charge is 0.313 e. The predicted octanol–water partition coefficient (Wildman–Crippen LogP) is 4.27. The minimum absolute atomic E-state index is 0.367. The second-order valence-electron chi connectivity index (χ2n) is 5.38. The summed E-state index contributed by atoms with van der Waals surface area (Å²) in [5.41, 5.74) is 0.367. The molecule has 0 bridgehead atoms. The Kier molecular flexibility index (Phi) is 5.68. The summed E-state index contributed by atoms with van der Waals surface area (Å²) >= 11 is 1.97. The Morgan fingerprint density at radius 1 is 1.18 bits per heavy atom. The number of rotatable bonds is 7. The van der Waals surface area contributed by atoms with E-state index in [1.807, 2.05) is 11.3 Å². The van der Waals surface area contributed by atoms with Gasteiger partial charge in [0, 0.05) is 15.8 Å². The third-order valence-electron chi connectivity index (χ3n) is 3.78. The van der Waals surface area contributed by atoms with E-state index in [1.165, 1.54) is 22.6 Å². The van der Waals surface area contributed by atoms with Gasteiger partial charge in [-0.3, -0.25) is 0 Å². The average Bonchev–Trinajstić information content (AvgIpc) is 2.76. The second-order valence-corrected chi connectivity index (χ2v) is 6.63. The molecule has 0 fully saturated rings. The Bertz CT molecular complexity index is 327. The average molecular weight is 253 g/mol. The fraction of sp³-hybridized carbons (Fsp3) is 0.733. The van der Waals surface area contributed by atoms with Crippen LogP contribution in [0, 0.1) is 5.41 Å². The fourth-order valence-corrected chi connectivity index (χ4v) is 3.04. The zero-order valence-corrected chi connectivity index (χ0v) is 12.8. The Morgan fingerprint density at radius 3 is 2.29 bits per heavy atom. The van der Waals surface area contributed by atoms with Crippen LogP contribution in [0.25, 0.3) is 0 Å². The van der Waals surface area contributed by atoms with Crippen molar-refractivity contribution in [1.29, 1.82) is 0 Å². The van der Waals surface area contributed by atoms with E-state index in [0.29, 0.717) is 11.5 Å². The number of hydrogen-bond acceptors (Lipinski definition) is 2. The van der Waals surface area contributed by atoms with Gasteiger partial charge in [0.1, 0.15) is 0 Å². The van der Waals surface area contributed by atoms with Crippen molar-refractivity contribution in [2.24, 2.45) is 5.41 Å². The van der Waals surface area contributed by atoms with Gasteiger partial charge < -0.3 is 5.32 Å². The highest BCUT2D eigenvalue weighted by atomic mass is 32.1. The van der Waals surface area contributed by atoms with Gasteiger partial charge in [-0.1, -0.05) is 34.6 Å². The van der Waals surface area contributed by atoms with Crippen molar-refractivity contribution in [3.05, 3.63) is 21.9 Å². The molecule has 0 amide bonds. The van der Waals surface area contributed by atoms with Crippen LogP contribution < -0.4 is 5.32 Å². The lowest BCUT2D eigenvalue weighted by molar-refractivity contribution is 0.233. The standard InChI is InChI=1S/C15H27NS/c1-6-12-9-10-13(17-12)11-14(16-8-3)15(4,5)7-2/h9-10,14,16H,6-8,11H2,1-5H3. The fourth-order valence-electron chi connectivity index (χ4n) is 2.04. The number of aryl methyl sites for hydroxylation is 1. The maximum absolute atomic E-state index is 3.66.